The van der Waals surface area contributed by atoms with Gasteiger partial charge in [-0.3, -0.25) is 19.8 Å². The molecule has 2 atom stereocenters. The van der Waals surface area contributed by atoms with Gasteiger partial charge in [-0.2, -0.15) is 13.2 Å². The number of carbonyl (C=O) groups is 4. The van der Waals surface area contributed by atoms with Crippen LogP contribution in [0.1, 0.15) is 41.6 Å². The Morgan fingerprint density at radius 2 is 1.90 bits per heavy atom. The first-order valence-corrected chi connectivity index (χ1v) is 12.8. The van der Waals surface area contributed by atoms with E-state index >= 15 is 4.39 Å². The Morgan fingerprint density at radius 3 is 2.54 bits per heavy atom. The molecule has 1 spiro atoms. The monoisotopic (exact) mass is 600 g/mol. The summed E-state index contributed by atoms with van der Waals surface area (Å²) < 4.78 is 60.1. The van der Waals surface area contributed by atoms with E-state index in [2.05, 4.69) is 10.6 Å². The van der Waals surface area contributed by atoms with E-state index in [1.807, 2.05) is 0 Å². The molecule has 10 nitrogen and oxygen atoms in total. The first-order chi connectivity index (χ1) is 19.2. The third kappa shape index (κ3) is 6.47. The van der Waals surface area contributed by atoms with Crippen LogP contribution in [0.15, 0.2) is 36.4 Å². The van der Waals surface area contributed by atoms with Gasteiger partial charge in [-0.05, 0) is 55.7 Å². The maximum absolute atomic E-state index is 15.2. The van der Waals surface area contributed by atoms with Crippen molar-refractivity contribution in [3.63, 3.8) is 0 Å². The van der Waals surface area contributed by atoms with E-state index < -0.39 is 60.5 Å². The number of rotatable bonds is 6. The van der Waals surface area contributed by atoms with Crippen LogP contribution < -0.4 is 15.5 Å². The third-order valence-corrected chi connectivity index (χ3v) is 7.26. The molecule has 0 aromatic heterocycles. The zero-order valence-corrected chi connectivity index (χ0v) is 22.3. The van der Waals surface area contributed by atoms with Crippen LogP contribution in [0, 0.1) is 5.82 Å². The van der Waals surface area contributed by atoms with Crippen molar-refractivity contribution in [1.29, 1.82) is 0 Å². The summed E-state index contributed by atoms with van der Waals surface area (Å²) in [5.74, 6) is -2.60. The molecule has 2 heterocycles. The van der Waals surface area contributed by atoms with Crippen molar-refractivity contribution in [1.82, 2.24) is 10.2 Å². The maximum Gasteiger partial charge on any atom is 0.412 e. The molecule has 220 valence electrons. The number of nitrogens with zero attached hydrogens (tertiary/aromatic N) is 2. The zero-order valence-electron chi connectivity index (χ0n) is 21.6. The molecule has 2 aromatic carbocycles. The second kappa shape index (κ2) is 11.4. The van der Waals surface area contributed by atoms with E-state index in [0.29, 0.717) is 0 Å². The number of nitrogens with one attached hydrogen (secondary N) is 2. The van der Waals surface area contributed by atoms with Crippen LogP contribution in [-0.4, -0.2) is 66.4 Å². The molecule has 2 aromatic rings. The molecule has 0 unspecified atom stereocenters. The van der Waals surface area contributed by atoms with Crippen molar-refractivity contribution in [2.75, 3.05) is 30.4 Å². The molecule has 41 heavy (non-hydrogen) atoms. The molecule has 2 aliphatic heterocycles. The number of alkyl halides is 3. The normalized spacial score (nSPS) is 19.1. The molecule has 1 saturated heterocycles. The molecule has 0 radical (unpaired) electrons. The summed E-state index contributed by atoms with van der Waals surface area (Å²) in [6.45, 7) is -0.324. The minimum absolute atomic E-state index is 0.0228. The SMILES string of the molecule is CN(C(=O)O)c1ccc(C(=O)N[C@@H](CCC(F)(F)F)C(=O)N2CCC[C@@]3(C2)OC(=O)Nc2ccc(Cl)c(F)c23)cc1. The van der Waals surface area contributed by atoms with Crippen molar-refractivity contribution in [3.05, 3.63) is 58.4 Å². The highest BCUT2D eigenvalue weighted by atomic mass is 35.5. The van der Waals surface area contributed by atoms with Gasteiger partial charge in [0.1, 0.15) is 6.04 Å². The fourth-order valence-corrected chi connectivity index (χ4v) is 5.09. The van der Waals surface area contributed by atoms with E-state index in [4.69, 9.17) is 21.4 Å². The number of piperidine rings is 1. The van der Waals surface area contributed by atoms with Crippen molar-refractivity contribution >= 4 is 47.0 Å². The Morgan fingerprint density at radius 1 is 1.22 bits per heavy atom. The van der Waals surface area contributed by atoms with Crippen LogP contribution in [0.3, 0.4) is 0 Å². The Labute approximate surface area is 236 Å². The summed E-state index contributed by atoms with van der Waals surface area (Å²) in [4.78, 5) is 52.0. The smallest absolute Gasteiger partial charge is 0.412 e. The number of anilines is 2. The lowest BCUT2D eigenvalue weighted by Crippen LogP contribution is -2.57. The molecule has 0 saturated carbocycles. The number of benzene rings is 2. The maximum atomic E-state index is 15.2. The number of halogens is 5. The van der Waals surface area contributed by atoms with Gasteiger partial charge in [0.15, 0.2) is 11.4 Å². The molecule has 1 fully saturated rings. The minimum Gasteiger partial charge on any atom is -0.465 e. The van der Waals surface area contributed by atoms with Crippen molar-refractivity contribution < 1.29 is 46.6 Å². The highest BCUT2D eigenvalue weighted by Gasteiger charge is 2.49. The Hall–Kier alpha value is -4.07. The first kappa shape index (κ1) is 29.9. The lowest BCUT2D eigenvalue weighted by molar-refractivity contribution is -0.147. The Kier molecular flexibility index (Phi) is 8.34. The molecule has 15 heteroatoms. The van der Waals surface area contributed by atoms with Crippen LogP contribution in [0.2, 0.25) is 5.02 Å². The second-order valence-corrected chi connectivity index (χ2v) is 10.1. The summed E-state index contributed by atoms with van der Waals surface area (Å²) in [6.07, 6.45) is -8.60. The largest absolute Gasteiger partial charge is 0.465 e. The number of carboxylic acid groups (broad SMARTS) is 1. The van der Waals surface area contributed by atoms with E-state index in [9.17, 15) is 32.3 Å². The van der Waals surface area contributed by atoms with E-state index in [-0.39, 0.29) is 53.5 Å². The number of likely N-dealkylation sites (tertiary alicyclic amines) is 1. The molecule has 3 N–H and O–H groups in total. The predicted octanol–water partition coefficient (Wildman–Crippen LogP) is 5.11. The van der Waals surface area contributed by atoms with Gasteiger partial charge in [-0.25, -0.2) is 14.0 Å². The fourth-order valence-electron chi connectivity index (χ4n) is 4.94. The summed E-state index contributed by atoms with van der Waals surface area (Å²) in [6, 6.07) is 6.19. The molecular formula is C26H25ClF4N4O6. The molecule has 0 bridgehead atoms. The Bertz CT molecular complexity index is 1370. The molecule has 0 aliphatic carbocycles. The molecule has 2 aliphatic rings. The van der Waals surface area contributed by atoms with Gasteiger partial charge in [-0.15, -0.1) is 0 Å². The van der Waals surface area contributed by atoms with Crippen LogP contribution in [-0.2, 0) is 15.1 Å². The van der Waals surface area contributed by atoms with Crippen molar-refractivity contribution in [2.24, 2.45) is 0 Å². The lowest BCUT2D eigenvalue weighted by atomic mass is 9.82. The van der Waals surface area contributed by atoms with Gasteiger partial charge in [-0.1, -0.05) is 11.6 Å². The standard InChI is InChI=1S/C26H25ClF4N4O6/c1-34(24(39)40)15-5-3-14(4-6-15)21(36)32-18(9-11-26(29,30)31)22(37)35-12-2-10-25(13-35)19-17(33-23(38)41-25)8-7-16(27)20(19)28/h3-8,18H,2,9-13H2,1H3,(H,32,36)(H,33,38)(H,39,40)/t18-,25-/m0/s1. The first-order valence-electron chi connectivity index (χ1n) is 12.4. The van der Waals surface area contributed by atoms with Gasteiger partial charge in [0.25, 0.3) is 5.91 Å². The lowest BCUT2D eigenvalue weighted by Gasteiger charge is -2.45. The van der Waals surface area contributed by atoms with Crippen LogP contribution in [0.5, 0.6) is 0 Å². The van der Waals surface area contributed by atoms with Gasteiger partial charge in [0.05, 0.1) is 22.8 Å². The quantitative estimate of drug-likeness (QED) is 0.395. The topological polar surface area (TPSA) is 128 Å². The fraction of sp³-hybridized carbons (Fsp3) is 0.385. The van der Waals surface area contributed by atoms with Crippen molar-refractivity contribution in [2.45, 2.75) is 43.5 Å². The molecule has 4 amide bonds. The number of amides is 4. The van der Waals surface area contributed by atoms with E-state index in [0.717, 1.165) is 9.80 Å². The van der Waals surface area contributed by atoms with Crippen LogP contribution >= 0.6 is 11.6 Å². The highest BCUT2D eigenvalue weighted by molar-refractivity contribution is 6.31. The average molecular weight is 601 g/mol. The van der Waals surface area contributed by atoms with Crippen LogP contribution in [0.4, 0.5) is 38.5 Å². The van der Waals surface area contributed by atoms with Gasteiger partial charge < -0.3 is 20.1 Å². The van der Waals surface area contributed by atoms with Gasteiger partial charge in [0, 0.05) is 31.3 Å². The summed E-state index contributed by atoms with van der Waals surface area (Å²) in [7, 11) is 1.28. The number of hydrogen-bond acceptors (Lipinski definition) is 5. The van der Waals surface area contributed by atoms with Gasteiger partial charge in [0.2, 0.25) is 5.91 Å². The summed E-state index contributed by atoms with van der Waals surface area (Å²) in [5.41, 5.74) is -1.42. The van der Waals surface area contributed by atoms with E-state index in [1.54, 1.807) is 0 Å². The zero-order chi connectivity index (χ0) is 30.1. The second-order valence-electron chi connectivity index (χ2n) is 9.72. The number of fused-ring (bicyclic) bond motifs is 2. The van der Waals surface area contributed by atoms with Gasteiger partial charge >= 0.3 is 18.4 Å². The third-order valence-electron chi connectivity index (χ3n) is 6.97. The van der Waals surface area contributed by atoms with Crippen molar-refractivity contribution in [3.8, 4) is 0 Å². The number of ether oxygens (including phenoxy) is 1. The number of carbonyl (C=O) groups excluding carboxylic acids is 3. The highest BCUT2D eigenvalue weighted by Crippen LogP contribution is 2.45. The summed E-state index contributed by atoms with van der Waals surface area (Å²) >= 11 is 5.97. The van der Waals surface area contributed by atoms with Crippen LogP contribution in [0.25, 0.3) is 0 Å². The molecule has 4 rings (SSSR count). The Balaban J connectivity index is 1.59. The van der Waals surface area contributed by atoms with E-state index in [1.165, 1.54) is 43.4 Å². The number of hydrogen-bond donors (Lipinski definition) is 3. The summed E-state index contributed by atoms with van der Waals surface area (Å²) in [5, 5.41) is 13.6. The predicted molar refractivity (Wildman–Crippen MR) is 138 cm³/mol. The minimum atomic E-state index is -4.63. The average Bonchev–Trinajstić information content (AvgIpc) is 2.91. The molecular weight excluding hydrogens is 576 g/mol.